The van der Waals surface area contributed by atoms with Crippen LogP contribution < -0.4 is 21.7 Å². The van der Waals surface area contributed by atoms with Crippen LogP contribution in [0.4, 0.5) is 4.79 Å². The molecule has 1 aromatic rings. The first-order valence-corrected chi connectivity index (χ1v) is 11.1. The highest BCUT2D eigenvalue weighted by Gasteiger charge is 2.43. The van der Waals surface area contributed by atoms with E-state index in [0.29, 0.717) is 13.0 Å². The number of likely N-dealkylation sites (tertiary alicyclic amines) is 1. The predicted molar refractivity (Wildman–Crippen MR) is 119 cm³/mol. The number of rotatable bonds is 8. The molecule has 9 nitrogen and oxygen atoms in total. The van der Waals surface area contributed by atoms with E-state index < -0.39 is 36.0 Å². The third-order valence-corrected chi connectivity index (χ3v) is 5.64. The van der Waals surface area contributed by atoms with E-state index in [1.165, 1.54) is 22.3 Å². The van der Waals surface area contributed by atoms with E-state index in [9.17, 15) is 19.2 Å². The zero-order chi connectivity index (χ0) is 23.1. The Labute approximate surface area is 186 Å². The van der Waals surface area contributed by atoms with Crippen molar-refractivity contribution in [1.82, 2.24) is 20.9 Å². The lowest BCUT2D eigenvalue weighted by molar-refractivity contribution is -0.137. The second-order valence-electron chi connectivity index (χ2n) is 8.11. The van der Waals surface area contributed by atoms with Gasteiger partial charge in [0.05, 0.1) is 6.04 Å². The maximum Gasteiger partial charge on any atom is 0.315 e. The zero-order valence-electron chi connectivity index (χ0n) is 18.3. The van der Waals surface area contributed by atoms with Crippen molar-refractivity contribution < 1.29 is 19.2 Å². The summed E-state index contributed by atoms with van der Waals surface area (Å²) < 4.78 is 0. The molecule has 5 N–H and O–H groups in total. The van der Waals surface area contributed by atoms with Gasteiger partial charge in [-0.3, -0.25) is 14.4 Å². The highest BCUT2D eigenvalue weighted by molar-refractivity contribution is 7.09. The van der Waals surface area contributed by atoms with Crippen LogP contribution in [0.2, 0.25) is 0 Å². The van der Waals surface area contributed by atoms with Gasteiger partial charge < -0.3 is 26.6 Å². The average molecular weight is 450 g/mol. The summed E-state index contributed by atoms with van der Waals surface area (Å²) in [5, 5.41) is 10.1. The van der Waals surface area contributed by atoms with Crippen LogP contribution >= 0.6 is 11.3 Å². The number of thiophene rings is 1. The number of nitrogens with two attached hydrogens (primary N) is 1. The van der Waals surface area contributed by atoms with Crippen molar-refractivity contribution in [3.63, 3.8) is 0 Å². The first-order valence-electron chi connectivity index (χ1n) is 10.2. The number of carbonyl (C=O) groups excluding carboxylic acids is 4. The summed E-state index contributed by atoms with van der Waals surface area (Å²) in [6.07, 6.45) is 2.13. The highest BCUT2D eigenvalue weighted by Crippen LogP contribution is 2.20. The van der Waals surface area contributed by atoms with E-state index in [0.717, 1.165) is 10.5 Å². The standard InChI is InChI=1S/C21H31N5O4S/c1-12(2)10-17(27)26-8-7-15(25-21(30)23-13(3)4)18(26)20(29)24-16(19(22)28)11-14-6-5-9-31-14/h5-6,9-10,13,15-16,18H,7-8,11H2,1-4H3,(H2,22,28)(H,24,29)(H2,23,25,30)/t15-,16-,18-/m0/s1. The summed E-state index contributed by atoms with van der Waals surface area (Å²) in [6.45, 7) is 7.54. The lowest BCUT2D eigenvalue weighted by Crippen LogP contribution is -2.59. The number of hydrogen-bond acceptors (Lipinski definition) is 5. The Kier molecular flexibility index (Phi) is 8.61. The maximum absolute atomic E-state index is 13.2. The summed E-state index contributed by atoms with van der Waals surface area (Å²) in [6, 6.07) is 0.742. The Morgan fingerprint density at radius 2 is 1.97 bits per heavy atom. The molecule has 0 saturated carbocycles. The Morgan fingerprint density at radius 3 is 2.52 bits per heavy atom. The van der Waals surface area contributed by atoms with Gasteiger partial charge in [-0.25, -0.2) is 4.79 Å². The molecule has 5 amide bonds. The van der Waals surface area contributed by atoms with Gasteiger partial charge in [0.2, 0.25) is 17.7 Å². The molecule has 0 unspecified atom stereocenters. The summed E-state index contributed by atoms with van der Waals surface area (Å²) >= 11 is 1.46. The van der Waals surface area contributed by atoms with Gasteiger partial charge in [-0.15, -0.1) is 11.3 Å². The van der Waals surface area contributed by atoms with Crippen molar-refractivity contribution in [2.75, 3.05) is 6.54 Å². The van der Waals surface area contributed by atoms with Crippen molar-refractivity contribution in [1.29, 1.82) is 0 Å². The molecule has 0 spiro atoms. The molecule has 10 heteroatoms. The molecule has 0 aliphatic carbocycles. The van der Waals surface area contributed by atoms with Crippen molar-refractivity contribution in [2.24, 2.45) is 5.73 Å². The third kappa shape index (κ3) is 7.09. The summed E-state index contributed by atoms with van der Waals surface area (Å²) in [7, 11) is 0. The number of amides is 5. The third-order valence-electron chi connectivity index (χ3n) is 4.74. The minimum Gasteiger partial charge on any atom is -0.368 e. The summed E-state index contributed by atoms with van der Waals surface area (Å²) in [5.74, 6) is -1.50. The number of hydrogen-bond donors (Lipinski definition) is 4. The number of primary amides is 1. The molecule has 2 heterocycles. The SMILES string of the molecule is CC(C)=CC(=O)N1CC[C@H](NC(=O)NC(C)C)[C@H]1C(=O)N[C@@H](Cc1cccs1)C(N)=O. The van der Waals surface area contributed by atoms with Crippen molar-refractivity contribution in [2.45, 2.75) is 64.7 Å². The molecule has 0 aromatic carbocycles. The van der Waals surface area contributed by atoms with Crippen LogP contribution in [0.3, 0.4) is 0 Å². The normalized spacial score (nSPS) is 18.9. The van der Waals surface area contributed by atoms with Crippen LogP contribution in [0.5, 0.6) is 0 Å². The van der Waals surface area contributed by atoms with E-state index in [2.05, 4.69) is 16.0 Å². The van der Waals surface area contributed by atoms with Gasteiger partial charge in [0.25, 0.3) is 0 Å². The quantitative estimate of drug-likeness (QED) is 0.439. The summed E-state index contributed by atoms with van der Waals surface area (Å²) in [4.78, 5) is 52.4. The second kappa shape index (κ2) is 10.9. The molecular weight excluding hydrogens is 418 g/mol. The predicted octanol–water partition coefficient (Wildman–Crippen LogP) is 0.904. The fourth-order valence-electron chi connectivity index (χ4n) is 3.43. The van der Waals surface area contributed by atoms with Crippen LogP contribution in [0.25, 0.3) is 0 Å². The Hall–Kier alpha value is -2.88. The number of nitrogens with one attached hydrogen (secondary N) is 3. The Balaban J connectivity index is 2.22. The van der Waals surface area contributed by atoms with Gasteiger partial charge in [0.1, 0.15) is 12.1 Å². The van der Waals surface area contributed by atoms with Crippen molar-refractivity contribution in [3.8, 4) is 0 Å². The first-order chi connectivity index (χ1) is 14.6. The van der Waals surface area contributed by atoms with Gasteiger partial charge in [-0.1, -0.05) is 11.6 Å². The van der Waals surface area contributed by atoms with Crippen molar-refractivity contribution >= 4 is 35.1 Å². The molecule has 1 aromatic heterocycles. The van der Waals surface area contributed by atoms with Crippen LogP contribution in [0.15, 0.2) is 29.2 Å². The molecule has 2 rings (SSSR count). The van der Waals surface area contributed by atoms with Crippen LogP contribution in [-0.2, 0) is 20.8 Å². The minimum atomic E-state index is -0.953. The fourth-order valence-corrected chi connectivity index (χ4v) is 4.18. The van der Waals surface area contributed by atoms with E-state index in [-0.39, 0.29) is 18.4 Å². The van der Waals surface area contributed by atoms with Gasteiger partial charge in [0.15, 0.2) is 0 Å². The van der Waals surface area contributed by atoms with Crippen LogP contribution in [-0.4, -0.2) is 59.4 Å². The average Bonchev–Trinajstić information content (AvgIpc) is 3.29. The Morgan fingerprint density at radius 1 is 1.26 bits per heavy atom. The van der Waals surface area contributed by atoms with Gasteiger partial charge >= 0.3 is 6.03 Å². The molecule has 31 heavy (non-hydrogen) atoms. The molecule has 1 aliphatic rings. The molecule has 1 saturated heterocycles. The smallest absolute Gasteiger partial charge is 0.315 e. The molecule has 1 aliphatic heterocycles. The molecule has 0 radical (unpaired) electrons. The van der Waals surface area contributed by atoms with E-state index >= 15 is 0 Å². The largest absolute Gasteiger partial charge is 0.368 e. The highest BCUT2D eigenvalue weighted by atomic mass is 32.1. The molecule has 170 valence electrons. The topological polar surface area (TPSA) is 134 Å². The zero-order valence-corrected chi connectivity index (χ0v) is 19.1. The number of nitrogens with zero attached hydrogens (tertiary/aromatic N) is 1. The van der Waals surface area contributed by atoms with E-state index in [4.69, 9.17) is 5.73 Å². The van der Waals surface area contributed by atoms with Crippen LogP contribution in [0.1, 0.15) is 39.0 Å². The number of carbonyl (C=O) groups is 4. The van der Waals surface area contributed by atoms with Crippen molar-refractivity contribution in [3.05, 3.63) is 34.0 Å². The second-order valence-corrected chi connectivity index (χ2v) is 9.15. The molecule has 0 bridgehead atoms. The number of allylic oxidation sites excluding steroid dienone is 1. The molecule has 1 fully saturated rings. The van der Waals surface area contributed by atoms with Crippen LogP contribution in [0, 0.1) is 0 Å². The van der Waals surface area contributed by atoms with Gasteiger partial charge in [0, 0.05) is 30.0 Å². The minimum absolute atomic E-state index is 0.0814. The molecular formula is C21H31N5O4S. The van der Waals surface area contributed by atoms with Gasteiger partial charge in [-0.2, -0.15) is 0 Å². The molecule has 3 atom stereocenters. The lowest BCUT2D eigenvalue weighted by atomic mass is 10.1. The monoisotopic (exact) mass is 449 g/mol. The first kappa shape index (κ1) is 24.4. The lowest BCUT2D eigenvalue weighted by Gasteiger charge is -2.29. The van der Waals surface area contributed by atoms with E-state index in [1.807, 2.05) is 31.4 Å². The maximum atomic E-state index is 13.2. The Bertz CT molecular complexity index is 833. The fraction of sp³-hybridized carbons (Fsp3) is 0.524. The van der Waals surface area contributed by atoms with Gasteiger partial charge in [-0.05, 0) is 45.6 Å². The summed E-state index contributed by atoms with van der Waals surface area (Å²) in [5.41, 5.74) is 6.31. The number of urea groups is 1. The van der Waals surface area contributed by atoms with E-state index in [1.54, 1.807) is 13.8 Å².